The summed E-state index contributed by atoms with van der Waals surface area (Å²) in [5.41, 5.74) is 0. The summed E-state index contributed by atoms with van der Waals surface area (Å²) in [7, 11) is 1.05. The topological polar surface area (TPSA) is 124 Å². The number of likely N-dealkylation sites (N-methyl/N-ethyl adjacent to an activating group) is 1. The highest BCUT2D eigenvalue weighted by atomic mass is 31.2. The lowest BCUT2D eigenvalue weighted by atomic mass is 10.1. The highest BCUT2D eigenvalue weighted by molar-refractivity contribution is 7.45. The molecular formula is C52H80NO9P. The van der Waals surface area contributed by atoms with Crippen LogP contribution >= 0.6 is 7.82 Å². The van der Waals surface area contributed by atoms with Crippen LogP contribution in [0.15, 0.2) is 134 Å². The molecule has 10 nitrogen and oxygen atoms in total. The highest BCUT2D eigenvalue weighted by Gasteiger charge is 2.36. The van der Waals surface area contributed by atoms with E-state index in [1.165, 1.54) is 0 Å². The minimum Gasteiger partial charge on any atom is -0.756 e. The van der Waals surface area contributed by atoms with E-state index in [0.717, 1.165) is 77.0 Å². The Labute approximate surface area is 381 Å². The van der Waals surface area contributed by atoms with Gasteiger partial charge in [0.25, 0.3) is 7.82 Å². The van der Waals surface area contributed by atoms with Gasteiger partial charge in [0.2, 0.25) is 0 Å². The zero-order chi connectivity index (χ0) is 46.1. The van der Waals surface area contributed by atoms with E-state index < -0.39 is 32.5 Å². The molecule has 11 heteroatoms. The summed E-state index contributed by atoms with van der Waals surface area (Å²) in [5.74, 6) is -1.05. The SMILES string of the molecule is CC/C=C\C/C=C\C/C=C\C/C=C\C/C=C\C/C=C\CCC(=O)OC[C@H](COP(=O)([O-])OCC[N+](C)(C)C)OC(=O)CC/C=C\C/C=C\C/C=C\C/C=C\CC1OC1C/C=C\CC. The van der Waals surface area contributed by atoms with Crippen molar-refractivity contribution in [2.75, 3.05) is 47.5 Å². The fourth-order valence-corrected chi connectivity index (χ4v) is 6.18. The van der Waals surface area contributed by atoms with Crippen LogP contribution in [-0.2, 0) is 37.4 Å². The molecule has 1 rings (SSSR count). The molecule has 0 N–H and O–H groups in total. The van der Waals surface area contributed by atoms with E-state index in [9.17, 15) is 19.0 Å². The van der Waals surface area contributed by atoms with Gasteiger partial charge in [-0.15, -0.1) is 0 Å². The third kappa shape index (κ3) is 39.4. The van der Waals surface area contributed by atoms with Crippen LogP contribution in [-0.4, -0.2) is 82.2 Å². The standard InChI is InChI=1S/C52H80NO9P/c1-6-8-10-11-12-13-14-15-16-17-18-19-20-21-25-28-31-34-38-42-51(54)58-46-48(47-60-63(56,57)59-45-44-53(3,4)5)61-52(55)43-39-35-32-29-26-23-22-24-27-30-33-37-41-50-49(62-50)40-36-9-7-2/h8-10,12-13,15-16,18-19,21,23-27,31-37,48-50H,6-7,11,14,17,20,22,28-30,38-47H2,1-5H3/b10-8-,13-12-,16-15-,19-18-,25-21-,26-23-,27-24-,34-31-,35-32-,36-9-,37-33-/t48-,49?,50?/m1/s1. The van der Waals surface area contributed by atoms with Crippen LogP contribution in [0.5, 0.6) is 0 Å². The molecule has 0 spiro atoms. The molecule has 0 saturated carbocycles. The molecule has 4 atom stereocenters. The molecule has 0 aliphatic carbocycles. The first-order valence-corrected chi connectivity index (χ1v) is 24.5. The quantitative estimate of drug-likeness (QED) is 0.0196. The predicted molar refractivity (Wildman–Crippen MR) is 258 cm³/mol. The van der Waals surface area contributed by atoms with Crippen LogP contribution in [0.25, 0.3) is 0 Å². The largest absolute Gasteiger partial charge is 0.756 e. The van der Waals surface area contributed by atoms with Crippen molar-refractivity contribution in [3.8, 4) is 0 Å². The maximum atomic E-state index is 12.7. The van der Waals surface area contributed by atoms with Crippen LogP contribution in [0.2, 0.25) is 0 Å². The summed E-state index contributed by atoms with van der Waals surface area (Å²) in [4.78, 5) is 37.6. The fraction of sp³-hybridized carbons (Fsp3) is 0.538. The number of nitrogens with zero attached hydrogens (tertiary/aromatic N) is 1. The molecular weight excluding hydrogens is 814 g/mol. The van der Waals surface area contributed by atoms with Crippen molar-refractivity contribution in [1.82, 2.24) is 0 Å². The van der Waals surface area contributed by atoms with Crippen LogP contribution in [0, 0.1) is 0 Å². The minimum atomic E-state index is -4.68. The van der Waals surface area contributed by atoms with Gasteiger partial charge >= 0.3 is 11.9 Å². The number of phosphoric acid groups is 1. The van der Waals surface area contributed by atoms with Crippen molar-refractivity contribution in [3.05, 3.63) is 134 Å². The Kier molecular flexibility index (Phi) is 35.0. The van der Waals surface area contributed by atoms with E-state index in [0.29, 0.717) is 36.1 Å². The molecule has 0 amide bonds. The smallest absolute Gasteiger partial charge is 0.306 e. The third-order valence-electron chi connectivity index (χ3n) is 9.10. The average molecular weight is 894 g/mol. The second-order valence-electron chi connectivity index (χ2n) is 16.0. The summed E-state index contributed by atoms with van der Waals surface area (Å²) < 4.78 is 39.4. The lowest BCUT2D eigenvalue weighted by Gasteiger charge is -2.28. The Hall–Kier alpha value is -3.89. The van der Waals surface area contributed by atoms with Crippen LogP contribution < -0.4 is 4.89 Å². The Morgan fingerprint density at radius 2 is 0.937 bits per heavy atom. The van der Waals surface area contributed by atoms with Gasteiger partial charge in [0.15, 0.2) is 6.10 Å². The second kappa shape index (κ2) is 38.6. The van der Waals surface area contributed by atoms with Crippen LogP contribution in [0.4, 0.5) is 0 Å². The van der Waals surface area contributed by atoms with E-state index in [4.69, 9.17) is 23.3 Å². The van der Waals surface area contributed by atoms with Gasteiger partial charge in [-0.2, -0.15) is 0 Å². The zero-order valence-electron chi connectivity index (χ0n) is 39.1. The first-order chi connectivity index (χ1) is 30.5. The maximum Gasteiger partial charge on any atom is 0.306 e. The molecule has 0 aromatic carbocycles. The molecule has 0 aromatic rings. The third-order valence-corrected chi connectivity index (χ3v) is 10.1. The maximum absolute atomic E-state index is 12.7. The Bertz CT molecular complexity index is 1590. The molecule has 1 aliphatic heterocycles. The molecule has 1 fully saturated rings. The molecule has 0 bridgehead atoms. The number of quaternary nitrogens is 1. The summed E-state index contributed by atoms with van der Waals surface area (Å²) in [6, 6.07) is 0. The monoisotopic (exact) mass is 894 g/mol. The Balaban J connectivity index is 2.38. The number of ether oxygens (including phenoxy) is 3. The van der Waals surface area contributed by atoms with Gasteiger partial charge in [0.05, 0.1) is 40.0 Å². The lowest BCUT2D eigenvalue weighted by Crippen LogP contribution is -2.37. The van der Waals surface area contributed by atoms with Crippen molar-refractivity contribution >= 4 is 19.8 Å². The Morgan fingerprint density at radius 3 is 1.38 bits per heavy atom. The van der Waals surface area contributed by atoms with E-state index in [1.807, 2.05) is 45.4 Å². The number of phosphoric ester groups is 1. The zero-order valence-corrected chi connectivity index (χ0v) is 40.0. The number of allylic oxidation sites excluding steroid dienone is 20. The van der Waals surface area contributed by atoms with Gasteiger partial charge in [-0.25, -0.2) is 0 Å². The van der Waals surface area contributed by atoms with Gasteiger partial charge < -0.3 is 32.6 Å². The van der Waals surface area contributed by atoms with Crippen molar-refractivity contribution in [1.29, 1.82) is 0 Å². The van der Waals surface area contributed by atoms with Crippen molar-refractivity contribution in [2.45, 2.75) is 135 Å². The number of hydrogen-bond donors (Lipinski definition) is 0. The summed E-state index contributed by atoms with van der Waals surface area (Å²) in [6.07, 6.45) is 58.4. The normalized spacial score (nSPS) is 17.9. The second-order valence-corrected chi connectivity index (χ2v) is 17.4. The number of rotatable bonds is 38. The summed E-state index contributed by atoms with van der Waals surface area (Å²) in [5, 5.41) is 0. The van der Waals surface area contributed by atoms with Gasteiger partial charge in [0.1, 0.15) is 19.8 Å². The number of carbonyl (C=O) groups is 2. The van der Waals surface area contributed by atoms with E-state index >= 15 is 0 Å². The lowest BCUT2D eigenvalue weighted by molar-refractivity contribution is -0.870. The van der Waals surface area contributed by atoms with Crippen LogP contribution in [0.1, 0.15) is 117 Å². The molecule has 3 unspecified atom stereocenters. The summed E-state index contributed by atoms with van der Waals surface area (Å²) in [6.45, 7) is 3.78. The van der Waals surface area contributed by atoms with Crippen molar-refractivity contribution in [3.63, 3.8) is 0 Å². The highest BCUT2D eigenvalue weighted by Crippen LogP contribution is 2.38. The number of epoxide rings is 1. The van der Waals surface area contributed by atoms with Gasteiger partial charge in [-0.1, -0.05) is 148 Å². The fourth-order valence-electron chi connectivity index (χ4n) is 5.45. The Morgan fingerprint density at radius 1 is 0.556 bits per heavy atom. The van der Waals surface area contributed by atoms with Gasteiger partial charge in [-0.05, 0) is 89.9 Å². The molecule has 0 aromatic heterocycles. The number of hydrogen-bond acceptors (Lipinski definition) is 9. The van der Waals surface area contributed by atoms with E-state index in [-0.39, 0.29) is 26.1 Å². The minimum absolute atomic E-state index is 0.0663. The molecule has 0 radical (unpaired) electrons. The first kappa shape index (κ1) is 57.1. The molecule has 63 heavy (non-hydrogen) atoms. The number of esters is 2. The van der Waals surface area contributed by atoms with Crippen LogP contribution in [0.3, 0.4) is 0 Å². The molecule has 352 valence electrons. The summed E-state index contributed by atoms with van der Waals surface area (Å²) >= 11 is 0. The average Bonchev–Trinajstić information content (AvgIpc) is 3.99. The van der Waals surface area contributed by atoms with Gasteiger partial charge in [0, 0.05) is 12.8 Å². The molecule has 1 heterocycles. The van der Waals surface area contributed by atoms with Gasteiger partial charge in [-0.3, -0.25) is 14.2 Å². The van der Waals surface area contributed by atoms with Crippen molar-refractivity contribution in [2.24, 2.45) is 0 Å². The first-order valence-electron chi connectivity index (χ1n) is 23.0. The van der Waals surface area contributed by atoms with E-state index in [1.54, 1.807) is 0 Å². The van der Waals surface area contributed by atoms with E-state index in [2.05, 4.69) is 123 Å². The number of carbonyl (C=O) groups excluding carboxylic acids is 2. The molecule has 1 aliphatic rings. The predicted octanol–water partition coefficient (Wildman–Crippen LogP) is 11.8. The van der Waals surface area contributed by atoms with Crippen molar-refractivity contribution < 1.29 is 46.8 Å². The molecule has 1 saturated heterocycles.